The van der Waals surface area contributed by atoms with Crippen LogP contribution in [0.15, 0.2) is 57.6 Å². The van der Waals surface area contributed by atoms with E-state index in [9.17, 15) is 0 Å². The number of aromatic nitrogens is 2. The van der Waals surface area contributed by atoms with E-state index in [2.05, 4.69) is 28.2 Å². The predicted molar refractivity (Wildman–Crippen MR) is 98.4 cm³/mol. The van der Waals surface area contributed by atoms with Crippen molar-refractivity contribution in [2.45, 2.75) is 11.0 Å². The van der Waals surface area contributed by atoms with Crippen LogP contribution in [-0.2, 0) is 5.75 Å². The molecule has 0 aliphatic heterocycles. The summed E-state index contributed by atoms with van der Waals surface area (Å²) in [7, 11) is 5.02. The van der Waals surface area contributed by atoms with Crippen LogP contribution in [0.3, 0.4) is 0 Å². The van der Waals surface area contributed by atoms with Crippen LogP contribution in [0.4, 0.5) is 0 Å². The first-order chi connectivity index (χ1) is 10.9. The lowest BCUT2D eigenvalue weighted by molar-refractivity contribution is 0.491. The third-order valence-corrected chi connectivity index (χ3v) is 7.54. The molecule has 22 heavy (non-hydrogen) atoms. The van der Waals surface area contributed by atoms with Crippen LogP contribution >= 0.6 is 42.8 Å². The zero-order chi connectivity index (χ0) is 14.8. The highest BCUT2D eigenvalue weighted by molar-refractivity contribution is 9.09. The van der Waals surface area contributed by atoms with E-state index in [0.29, 0.717) is 5.22 Å². The number of hydrogen-bond donors (Lipinski definition) is 0. The fraction of sp³-hybridized carbons (Fsp3) is 0.0667. The maximum atomic E-state index is 5.68. The molecule has 0 bridgehead atoms. The minimum atomic E-state index is 0.702. The molecule has 110 valence electrons. The van der Waals surface area contributed by atoms with E-state index in [0.717, 1.165) is 22.4 Å². The molecule has 0 atom stereocenters. The molecule has 4 aromatic rings. The highest BCUT2D eigenvalue weighted by atomic mass is 33.5. The topological polar surface area (TPSA) is 38.9 Å². The molecule has 0 aliphatic rings. The summed E-state index contributed by atoms with van der Waals surface area (Å²) in [6.07, 6.45) is 0. The molecule has 0 saturated heterocycles. The van der Waals surface area contributed by atoms with Crippen LogP contribution < -0.4 is 0 Å². The summed E-state index contributed by atoms with van der Waals surface area (Å²) in [4.78, 5) is 8.80. The molecule has 3 nitrogen and oxygen atoms in total. The number of hydrogen-bond acceptors (Lipinski definition) is 7. The molecule has 0 unspecified atom stereocenters. The van der Waals surface area contributed by atoms with Crippen molar-refractivity contribution in [2.24, 2.45) is 0 Å². The molecule has 2 aromatic carbocycles. The van der Waals surface area contributed by atoms with E-state index in [-0.39, 0.29) is 0 Å². The first kappa shape index (κ1) is 14.4. The largest absolute Gasteiger partial charge is 0.431 e. The summed E-state index contributed by atoms with van der Waals surface area (Å²) in [6.45, 7) is 0. The first-order valence-corrected chi connectivity index (χ1v) is 11.1. The molecular weight excluding hydrogens is 352 g/mol. The van der Waals surface area contributed by atoms with Gasteiger partial charge in [0.1, 0.15) is 5.52 Å². The van der Waals surface area contributed by atoms with E-state index in [1.54, 1.807) is 42.8 Å². The van der Waals surface area contributed by atoms with Gasteiger partial charge in [0.15, 0.2) is 5.58 Å². The van der Waals surface area contributed by atoms with Gasteiger partial charge in [-0.25, -0.2) is 9.97 Å². The minimum absolute atomic E-state index is 0.702. The smallest absolute Gasteiger partial charge is 0.268 e. The van der Waals surface area contributed by atoms with Gasteiger partial charge in [-0.15, -0.1) is 11.3 Å². The van der Waals surface area contributed by atoms with E-state index in [1.165, 1.54) is 10.3 Å². The molecule has 0 saturated carbocycles. The van der Waals surface area contributed by atoms with Crippen molar-refractivity contribution < 1.29 is 4.42 Å². The second-order valence-electron chi connectivity index (χ2n) is 4.52. The molecule has 0 spiro atoms. The van der Waals surface area contributed by atoms with Gasteiger partial charge < -0.3 is 4.42 Å². The van der Waals surface area contributed by atoms with E-state index in [4.69, 9.17) is 4.42 Å². The lowest BCUT2D eigenvalue weighted by Crippen LogP contribution is -1.77. The van der Waals surface area contributed by atoms with E-state index in [1.807, 2.05) is 29.8 Å². The molecule has 2 aromatic heterocycles. The van der Waals surface area contributed by atoms with Crippen LogP contribution in [0.2, 0.25) is 0 Å². The van der Waals surface area contributed by atoms with Crippen LogP contribution in [-0.4, -0.2) is 9.97 Å². The lowest BCUT2D eigenvalue weighted by atomic mass is 10.2. The summed E-state index contributed by atoms with van der Waals surface area (Å²) in [5.41, 5.74) is 6.00. The molecule has 0 fully saturated rings. The number of rotatable bonds is 5. The molecular formula is C15H10N2OS4. The lowest BCUT2D eigenvalue weighted by Gasteiger charge is -1.99. The zero-order valence-electron chi connectivity index (χ0n) is 11.3. The Labute approximate surface area is 142 Å². The number of benzene rings is 2. The number of para-hydroxylation sites is 2. The number of fused-ring (bicyclic) bond motifs is 2. The molecule has 0 amide bonds. The van der Waals surface area contributed by atoms with Gasteiger partial charge in [0, 0.05) is 16.5 Å². The summed E-state index contributed by atoms with van der Waals surface area (Å²) in [6, 6.07) is 14.3. The highest BCUT2D eigenvalue weighted by Gasteiger charge is 2.06. The van der Waals surface area contributed by atoms with Gasteiger partial charge in [-0.05, 0) is 39.7 Å². The van der Waals surface area contributed by atoms with Gasteiger partial charge in [0.2, 0.25) is 0 Å². The molecule has 2 heterocycles. The van der Waals surface area contributed by atoms with Gasteiger partial charge in [-0.2, -0.15) is 0 Å². The quantitative estimate of drug-likeness (QED) is 0.319. The molecule has 0 N–H and O–H groups in total. The van der Waals surface area contributed by atoms with Crippen LogP contribution in [0.5, 0.6) is 0 Å². The van der Waals surface area contributed by atoms with Crippen molar-refractivity contribution in [3.63, 3.8) is 0 Å². The van der Waals surface area contributed by atoms with Crippen molar-refractivity contribution in [1.29, 1.82) is 0 Å². The van der Waals surface area contributed by atoms with Crippen molar-refractivity contribution >= 4 is 64.1 Å². The van der Waals surface area contributed by atoms with Crippen LogP contribution in [0, 0.1) is 0 Å². The number of thiazole rings is 1. The van der Waals surface area contributed by atoms with Crippen molar-refractivity contribution in [3.8, 4) is 0 Å². The average Bonchev–Trinajstić information content (AvgIpc) is 3.17. The molecule has 0 aliphatic carbocycles. The third kappa shape index (κ3) is 3.12. The molecule has 7 heteroatoms. The highest BCUT2D eigenvalue weighted by Crippen LogP contribution is 2.42. The van der Waals surface area contributed by atoms with Gasteiger partial charge in [0.25, 0.3) is 5.22 Å². The average molecular weight is 363 g/mol. The normalized spacial score (nSPS) is 11.5. The summed E-state index contributed by atoms with van der Waals surface area (Å²) in [5.74, 6) is 0.936. The maximum absolute atomic E-state index is 5.68. The summed E-state index contributed by atoms with van der Waals surface area (Å²) < 4.78 is 6.91. The monoisotopic (exact) mass is 362 g/mol. The van der Waals surface area contributed by atoms with E-state index < -0.39 is 0 Å². The fourth-order valence-corrected chi connectivity index (χ4v) is 5.89. The maximum Gasteiger partial charge on any atom is 0.268 e. The van der Waals surface area contributed by atoms with Crippen LogP contribution in [0.25, 0.3) is 21.3 Å². The predicted octanol–water partition coefficient (Wildman–Crippen LogP) is 6.03. The summed E-state index contributed by atoms with van der Waals surface area (Å²) >= 11 is 1.68. The zero-order valence-corrected chi connectivity index (χ0v) is 14.5. The Morgan fingerprint density at radius 2 is 2.05 bits per heavy atom. The number of nitrogens with zero attached hydrogens (tertiary/aromatic N) is 2. The Bertz CT molecular complexity index is 881. The Hall–Kier alpha value is -1.15. The summed E-state index contributed by atoms with van der Waals surface area (Å²) in [5, 5.41) is 0.702. The SMILES string of the molecule is c1ccc2oc(SSSCc3ccc4scnc4c3)nc2c1. The van der Waals surface area contributed by atoms with Crippen molar-refractivity contribution in [1.82, 2.24) is 9.97 Å². The van der Waals surface area contributed by atoms with E-state index >= 15 is 0 Å². The first-order valence-electron chi connectivity index (χ1n) is 6.52. The Morgan fingerprint density at radius 1 is 1.09 bits per heavy atom. The van der Waals surface area contributed by atoms with Gasteiger partial charge in [-0.1, -0.05) is 29.0 Å². The van der Waals surface area contributed by atoms with Crippen molar-refractivity contribution in [2.75, 3.05) is 0 Å². The van der Waals surface area contributed by atoms with Gasteiger partial charge in [0.05, 0.1) is 15.7 Å². The molecule has 0 radical (unpaired) electrons. The molecule has 4 rings (SSSR count). The Morgan fingerprint density at radius 3 is 3.00 bits per heavy atom. The Balaban J connectivity index is 1.34. The van der Waals surface area contributed by atoms with Gasteiger partial charge in [-0.3, -0.25) is 0 Å². The standard InChI is InChI=1S/C15H10N2OS4/c1-2-4-13-11(3-1)17-15(18-13)21-22-20-8-10-5-6-14-12(7-10)16-9-19-14/h1-7,9H,8H2. The minimum Gasteiger partial charge on any atom is -0.431 e. The Kier molecular flexibility index (Phi) is 4.29. The fourth-order valence-electron chi connectivity index (χ4n) is 2.03. The second kappa shape index (κ2) is 6.54. The van der Waals surface area contributed by atoms with Crippen molar-refractivity contribution in [3.05, 3.63) is 53.5 Å². The van der Waals surface area contributed by atoms with Gasteiger partial charge >= 0.3 is 0 Å². The van der Waals surface area contributed by atoms with Crippen LogP contribution in [0.1, 0.15) is 5.56 Å². The second-order valence-corrected chi connectivity index (χ2v) is 9.42. The third-order valence-electron chi connectivity index (χ3n) is 3.05. The number of oxazole rings is 1.